The molecule has 0 radical (unpaired) electrons. The highest BCUT2D eigenvalue weighted by atomic mass is 32.1. The summed E-state index contributed by atoms with van der Waals surface area (Å²) in [5.74, 6) is -1.64. The Morgan fingerprint density at radius 2 is 2.10 bits per heavy atom. The minimum absolute atomic E-state index is 0.0468. The zero-order valence-electron chi connectivity index (χ0n) is 11.5. The lowest BCUT2D eigenvalue weighted by molar-refractivity contribution is 0.0691. The van der Waals surface area contributed by atoms with Crippen molar-refractivity contribution in [3.63, 3.8) is 0 Å². The molecule has 1 amide bonds. The van der Waals surface area contributed by atoms with Gasteiger partial charge in [0.2, 0.25) is 0 Å². The smallest absolute Gasteiger partial charge is 0.355 e. The molecular weight excluding hydrogens is 292 g/mol. The quantitative estimate of drug-likeness (QED) is 0.805. The summed E-state index contributed by atoms with van der Waals surface area (Å²) in [7, 11) is 0. The Labute approximate surface area is 125 Å². The first-order chi connectivity index (χ1) is 9.88. The summed E-state index contributed by atoms with van der Waals surface area (Å²) >= 11 is 1.16. The summed E-state index contributed by atoms with van der Waals surface area (Å²) in [5, 5.41) is 23.1. The van der Waals surface area contributed by atoms with Crippen molar-refractivity contribution in [3.8, 4) is 5.75 Å². The monoisotopic (exact) mass is 306 g/mol. The molecule has 1 heterocycles. The molecule has 1 aromatic carbocycles. The van der Waals surface area contributed by atoms with Crippen molar-refractivity contribution in [2.45, 2.75) is 19.9 Å². The molecule has 1 atom stereocenters. The van der Waals surface area contributed by atoms with Gasteiger partial charge in [0, 0.05) is 5.38 Å². The SMILES string of the molecule is Cc1ccc(O)c(C(=O)NC(C)c2nc(C(=O)O)cs2)c1. The molecule has 0 bridgehead atoms. The molecule has 110 valence electrons. The number of aryl methyl sites for hydroxylation is 1. The van der Waals surface area contributed by atoms with Gasteiger partial charge in [-0.1, -0.05) is 11.6 Å². The number of carbonyl (C=O) groups excluding carboxylic acids is 1. The van der Waals surface area contributed by atoms with E-state index in [1.807, 2.05) is 6.92 Å². The number of amides is 1. The number of phenols is 1. The van der Waals surface area contributed by atoms with Gasteiger partial charge in [-0.3, -0.25) is 4.79 Å². The number of thiazole rings is 1. The van der Waals surface area contributed by atoms with Crippen LogP contribution >= 0.6 is 11.3 Å². The third-order valence-electron chi connectivity index (χ3n) is 2.86. The number of aromatic nitrogens is 1. The summed E-state index contributed by atoms with van der Waals surface area (Å²) in [6, 6.07) is 4.30. The molecule has 1 aromatic heterocycles. The molecule has 2 rings (SSSR count). The van der Waals surface area contributed by atoms with Crippen LogP contribution in [0.25, 0.3) is 0 Å². The normalized spacial score (nSPS) is 11.9. The van der Waals surface area contributed by atoms with Crippen LogP contribution in [0.2, 0.25) is 0 Å². The highest BCUT2D eigenvalue weighted by molar-refractivity contribution is 7.09. The van der Waals surface area contributed by atoms with Gasteiger partial charge in [0.1, 0.15) is 10.8 Å². The summed E-state index contributed by atoms with van der Waals surface area (Å²) < 4.78 is 0. The lowest BCUT2D eigenvalue weighted by Crippen LogP contribution is -2.26. The number of nitrogens with one attached hydrogen (secondary N) is 1. The Balaban J connectivity index is 2.14. The number of carbonyl (C=O) groups is 2. The largest absolute Gasteiger partial charge is 0.507 e. The molecule has 3 N–H and O–H groups in total. The fourth-order valence-electron chi connectivity index (χ4n) is 1.75. The lowest BCUT2D eigenvalue weighted by Gasteiger charge is -2.12. The van der Waals surface area contributed by atoms with Crippen LogP contribution < -0.4 is 5.32 Å². The first kappa shape index (κ1) is 15.0. The van der Waals surface area contributed by atoms with E-state index in [9.17, 15) is 14.7 Å². The molecular formula is C14H14N2O4S. The number of nitrogens with zero attached hydrogens (tertiary/aromatic N) is 1. The molecule has 0 fully saturated rings. The number of aromatic carboxylic acids is 1. The van der Waals surface area contributed by atoms with Gasteiger partial charge in [0.05, 0.1) is 11.6 Å². The molecule has 2 aromatic rings. The first-order valence-corrected chi connectivity index (χ1v) is 7.05. The molecule has 0 aliphatic heterocycles. The standard InChI is InChI=1S/C14H14N2O4S/c1-7-3-4-11(17)9(5-7)12(18)15-8(2)13-16-10(6-21-13)14(19)20/h3-6,8,17H,1-2H3,(H,15,18)(H,19,20). The van der Waals surface area contributed by atoms with Gasteiger partial charge < -0.3 is 15.5 Å². The Kier molecular flexibility index (Phi) is 4.23. The minimum Gasteiger partial charge on any atom is -0.507 e. The van der Waals surface area contributed by atoms with E-state index < -0.39 is 17.9 Å². The Hall–Kier alpha value is -2.41. The van der Waals surface area contributed by atoms with Crippen LogP contribution in [0.3, 0.4) is 0 Å². The van der Waals surface area contributed by atoms with E-state index >= 15 is 0 Å². The fraction of sp³-hybridized carbons (Fsp3) is 0.214. The number of benzene rings is 1. The van der Waals surface area contributed by atoms with Crippen molar-refractivity contribution in [1.29, 1.82) is 0 Å². The van der Waals surface area contributed by atoms with Crippen LogP contribution in [0, 0.1) is 6.92 Å². The van der Waals surface area contributed by atoms with E-state index in [-0.39, 0.29) is 17.0 Å². The third-order valence-corrected chi connectivity index (χ3v) is 3.88. The van der Waals surface area contributed by atoms with Gasteiger partial charge in [-0.05, 0) is 26.0 Å². The number of aromatic hydroxyl groups is 1. The maximum Gasteiger partial charge on any atom is 0.355 e. The number of carboxylic acid groups (broad SMARTS) is 1. The predicted molar refractivity (Wildman–Crippen MR) is 77.8 cm³/mol. The van der Waals surface area contributed by atoms with Crippen LogP contribution in [0.4, 0.5) is 0 Å². The van der Waals surface area contributed by atoms with Crippen molar-refractivity contribution >= 4 is 23.2 Å². The number of hydrogen-bond acceptors (Lipinski definition) is 5. The zero-order chi connectivity index (χ0) is 15.6. The molecule has 0 aliphatic rings. The first-order valence-electron chi connectivity index (χ1n) is 6.17. The van der Waals surface area contributed by atoms with E-state index in [2.05, 4.69) is 10.3 Å². The van der Waals surface area contributed by atoms with Gasteiger partial charge >= 0.3 is 5.97 Å². The highest BCUT2D eigenvalue weighted by Crippen LogP contribution is 2.21. The Bertz CT molecular complexity index is 696. The number of hydrogen-bond donors (Lipinski definition) is 3. The average Bonchev–Trinajstić information content (AvgIpc) is 2.91. The fourth-order valence-corrected chi connectivity index (χ4v) is 2.55. The molecule has 6 nitrogen and oxygen atoms in total. The predicted octanol–water partition coefficient (Wildman–Crippen LogP) is 2.35. The van der Waals surface area contributed by atoms with E-state index in [4.69, 9.17) is 5.11 Å². The Morgan fingerprint density at radius 3 is 2.71 bits per heavy atom. The van der Waals surface area contributed by atoms with Crippen LogP contribution in [-0.4, -0.2) is 27.1 Å². The van der Waals surface area contributed by atoms with Crippen molar-refractivity contribution < 1.29 is 19.8 Å². The van der Waals surface area contributed by atoms with Crippen LogP contribution in [0.15, 0.2) is 23.6 Å². The maximum absolute atomic E-state index is 12.1. The third kappa shape index (κ3) is 3.38. The van der Waals surface area contributed by atoms with Gasteiger partial charge in [-0.15, -0.1) is 11.3 Å². The number of phenolic OH excluding ortho intramolecular Hbond substituents is 1. The Morgan fingerprint density at radius 1 is 1.38 bits per heavy atom. The molecule has 0 aliphatic carbocycles. The van der Waals surface area contributed by atoms with E-state index in [0.717, 1.165) is 16.9 Å². The van der Waals surface area contributed by atoms with Gasteiger partial charge in [0.25, 0.3) is 5.91 Å². The minimum atomic E-state index is -1.10. The summed E-state index contributed by atoms with van der Waals surface area (Å²) in [4.78, 5) is 26.9. The summed E-state index contributed by atoms with van der Waals surface area (Å²) in [6.07, 6.45) is 0. The van der Waals surface area contributed by atoms with Gasteiger partial charge in [0.15, 0.2) is 5.69 Å². The maximum atomic E-state index is 12.1. The molecule has 1 unspecified atom stereocenters. The van der Waals surface area contributed by atoms with Crippen molar-refractivity contribution in [2.24, 2.45) is 0 Å². The zero-order valence-corrected chi connectivity index (χ0v) is 12.3. The van der Waals surface area contributed by atoms with E-state index in [1.54, 1.807) is 19.1 Å². The van der Waals surface area contributed by atoms with Gasteiger partial charge in [-0.2, -0.15) is 0 Å². The molecule has 21 heavy (non-hydrogen) atoms. The molecule has 0 spiro atoms. The van der Waals surface area contributed by atoms with Gasteiger partial charge in [-0.25, -0.2) is 9.78 Å². The van der Waals surface area contributed by atoms with Crippen LogP contribution in [-0.2, 0) is 0 Å². The second-order valence-corrected chi connectivity index (χ2v) is 5.48. The highest BCUT2D eigenvalue weighted by Gasteiger charge is 2.18. The van der Waals surface area contributed by atoms with E-state index in [0.29, 0.717) is 5.01 Å². The number of rotatable bonds is 4. The van der Waals surface area contributed by atoms with Crippen LogP contribution in [0.1, 0.15) is 44.4 Å². The molecule has 0 saturated heterocycles. The van der Waals surface area contributed by atoms with Crippen molar-refractivity contribution in [3.05, 3.63) is 45.4 Å². The molecule has 0 saturated carbocycles. The topological polar surface area (TPSA) is 99.5 Å². The summed E-state index contributed by atoms with van der Waals surface area (Å²) in [5.41, 5.74) is 0.986. The summed E-state index contributed by atoms with van der Waals surface area (Å²) in [6.45, 7) is 3.52. The second-order valence-electron chi connectivity index (χ2n) is 4.59. The van der Waals surface area contributed by atoms with Crippen molar-refractivity contribution in [1.82, 2.24) is 10.3 Å². The van der Waals surface area contributed by atoms with Crippen molar-refractivity contribution in [2.75, 3.05) is 0 Å². The number of carboxylic acids is 1. The van der Waals surface area contributed by atoms with E-state index in [1.165, 1.54) is 11.4 Å². The lowest BCUT2D eigenvalue weighted by atomic mass is 10.1. The average molecular weight is 306 g/mol. The molecule has 7 heteroatoms. The van der Waals surface area contributed by atoms with Crippen LogP contribution in [0.5, 0.6) is 5.75 Å². The second kappa shape index (κ2) is 5.92.